The van der Waals surface area contributed by atoms with Crippen molar-refractivity contribution in [2.45, 2.75) is 13.0 Å². The molecule has 1 unspecified atom stereocenters. The second-order valence-electron chi connectivity index (χ2n) is 3.74. The van der Waals surface area contributed by atoms with Gasteiger partial charge in [0.15, 0.2) is 0 Å². The number of amides is 1. The highest BCUT2D eigenvalue weighted by atomic mass is 16.5. The minimum absolute atomic E-state index is 0.195. The molecule has 0 aliphatic carbocycles. The van der Waals surface area contributed by atoms with Gasteiger partial charge in [0.05, 0.1) is 13.7 Å². The van der Waals surface area contributed by atoms with Crippen LogP contribution in [0.15, 0.2) is 18.2 Å². The topological polar surface area (TPSA) is 73.6 Å². The number of ether oxygens (including phenoxy) is 2. The van der Waals surface area contributed by atoms with Crippen molar-refractivity contribution in [1.82, 2.24) is 0 Å². The van der Waals surface area contributed by atoms with E-state index in [4.69, 9.17) is 15.2 Å². The maximum Gasteiger partial charge on any atom is 0.243 e. The van der Waals surface area contributed by atoms with Crippen LogP contribution in [0.4, 0.5) is 5.69 Å². The molecule has 0 saturated carbocycles. The third-order valence-electron chi connectivity index (χ3n) is 2.35. The van der Waals surface area contributed by atoms with Crippen LogP contribution in [-0.2, 0) is 9.53 Å². The van der Waals surface area contributed by atoms with Crippen LogP contribution in [-0.4, -0.2) is 32.8 Å². The van der Waals surface area contributed by atoms with Gasteiger partial charge in [-0.1, -0.05) is 0 Å². The van der Waals surface area contributed by atoms with E-state index in [9.17, 15) is 4.79 Å². The van der Waals surface area contributed by atoms with Gasteiger partial charge < -0.3 is 20.5 Å². The van der Waals surface area contributed by atoms with E-state index in [1.165, 1.54) is 7.11 Å². The number of carbonyl (C=O) groups is 1. The molecule has 0 saturated heterocycles. The SMILES string of the molecule is COCC(N)C(=O)Nc1ccc(OC)c(C)c1. The molecule has 5 heteroatoms. The Kier molecular flexibility index (Phi) is 4.93. The van der Waals surface area contributed by atoms with Crippen LogP contribution in [0.1, 0.15) is 5.56 Å². The minimum Gasteiger partial charge on any atom is -0.496 e. The molecule has 0 spiro atoms. The molecular weight excluding hydrogens is 220 g/mol. The van der Waals surface area contributed by atoms with Gasteiger partial charge in [-0.25, -0.2) is 0 Å². The molecule has 1 atom stereocenters. The molecule has 1 rings (SSSR count). The quantitative estimate of drug-likeness (QED) is 0.800. The number of aryl methyl sites for hydroxylation is 1. The highest BCUT2D eigenvalue weighted by Gasteiger charge is 2.13. The average Bonchev–Trinajstić information content (AvgIpc) is 2.29. The number of hydrogen-bond acceptors (Lipinski definition) is 4. The molecule has 5 nitrogen and oxygen atoms in total. The van der Waals surface area contributed by atoms with Crippen LogP contribution >= 0.6 is 0 Å². The molecule has 0 heterocycles. The highest BCUT2D eigenvalue weighted by Crippen LogP contribution is 2.21. The lowest BCUT2D eigenvalue weighted by Crippen LogP contribution is -2.39. The van der Waals surface area contributed by atoms with Gasteiger partial charge >= 0.3 is 0 Å². The van der Waals surface area contributed by atoms with Crippen molar-refractivity contribution in [2.75, 3.05) is 26.1 Å². The molecule has 0 aromatic heterocycles. The number of nitrogens with one attached hydrogen (secondary N) is 1. The molecule has 17 heavy (non-hydrogen) atoms. The van der Waals surface area contributed by atoms with Gasteiger partial charge in [-0.15, -0.1) is 0 Å². The second kappa shape index (κ2) is 6.22. The highest BCUT2D eigenvalue weighted by molar-refractivity contribution is 5.94. The van der Waals surface area contributed by atoms with E-state index in [1.807, 2.05) is 13.0 Å². The summed E-state index contributed by atoms with van der Waals surface area (Å²) in [7, 11) is 3.11. The summed E-state index contributed by atoms with van der Waals surface area (Å²) in [5.74, 6) is 0.514. The lowest BCUT2D eigenvalue weighted by Gasteiger charge is -2.12. The van der Waals surface area contributed by atoms with Crippen molar-refractivity contribution in [1.29, 1.82) is 0 Å². The summed E-state index contributed by atoms with van der Waals surface area (Å²) in [5, 5.41) is 2.72. The van der Waals surface area contributed by atoms with E-state index < -0.39 is 6.04 Å². The Morgan fingerprint density at radius 1 is 1.47 bits per heavy atom. The van der Waals surface area contributed by atoms with E-state index in [0.29, 0.717) is 5.69 Å². The summed E-state index contributed by atoms with van der Waals surface area (Å²) in [6.45, 7) is 2.10. The Labute approximate surface area is 101 Å². The predicted molar refractivity (Wildman–Crippen MR) is 66.2 cm³/mol. The zero-order chi connectivity index (χ0) is 12.8. The Hall–Kier alpha value is -1.59. The molecule has 3 N–H and O–H groups in total. The molecule has 1 aromatic rings. The zero-order valence-corrected chi connectivity index (χ0v) is 10.3. The molecule has 1 aromatic carbocycles. The first-order valence-corrected chi connectivity index (χ1v) is 5.28. The van der Waals surface area contributed by atoms with Gasteiger partial charge in [-0.3, -0.25) is 4.79 Å². The maximum atomic E-state index is 11.6. The average molecular weight is 238 g/mol. The van der Waals surface area contributed by atoms with E-state index in [1.54, 1.807) is 19.2 Å². The molecular formula is C12H18N2O3. The first-order chi connectivity index (χ1) is 8.08. The Balaban J connectivity index is 2.69. The van der Waals surface area contributed by atoms with Crippen molar-refractivity contribution in [3.8, 4) is 5.75 Å². The fourth-order valence-corrected chi connectivity index (χ4v) is 1.45. The van der Waals surface area contributed by atoms with E-state index in [0.717, 1.165) is 11.3 Å². The van der Waals surface area contributed by atoms with Crippen LogP contribution in [0.5, 0.6) is 5.75 Å². The first kappa shape index (κ1) is 13.5. The van der Waals surface area contributed by atoms with Gasteiger partial charge in [-0.2, -0.15) is 0 Å². The van der Waals surface area contributed by atoms with Crippen molar-refractivity contribution in [2.24, 2.45) is 5.73 Å². The third-order valence-corrected chi connectivity index (χ3v) is 2.35. The maximum absolute atomic E-state index is 11.6. The predicted octanol–water partition coefficient (Wildman–Crippen LogP) is 0.916. The monoisotopic (exact) mass is 238 g/mol. The summed E-state index contributed by atoms with van der Waals surface area (Å²) in [4.78, 5) is 11.6. The number of rotatable bonds is 5. The minimum atomic E-state index is -0.664. The summed E-state index contributed by atoms with van der Waals surface area (Å²) >= 11 is 0. The van der Waals surface area contributed by atoms with Crippen LogP contribution < -0.4 is 15.8 Å². The number of benzene rings is 1. The van der Waals surface area contributed by atoms with E-state index >= 15 is 0 Å². The van der Waals surface area contributed by atoms with Gasteiger partial charge in [0.25, 0.3) is 0 Å². The van der Waals surface area contributed by atoms with Crippen molar-refractivity contribution >= 4 is 11.6 Å². The molecule has 0 aliphatic rings. The van der Waals surface area contributed by atoms with Crippen LogP contribution in [0.25, 0.3) is 0 Å². The standard InChI is InChI=1S/C12H18N2O3/c1-8-6-9(4-5-11(8)17-3)14-12(15)10(13)7-16-2/h4-6,10H,7,13H2,1-3H3,(H,14,15). The van der Waals surface area contributed by atoms with E-state index in [-0.39, 0.29) is 12.5 Å². The van der Waals surface area contributed by atoms with Crippen LogP contribution in [0.2, 0.25) is 0 Å². The van der Waals surface area contributed by atoms with E-state index in [2.05, 4.69) is 5.32 Å². The first-order valence-electron chi connectivity index (χ1n) is 5.28. The van der Waals surface area contributed by atoms with Gasteiger partial charge in [-0.05, 0) is 30.7 Å². The lowest BCUT2D eigenvalue weighted by atomic mass is 10.2. The molecule has 94 valence electrons. The molecule has 1 amide bonds. The third kappa shape index (κ3) is 3.72. The van der Waals surface area contributed by atoms with Gasteiger partial charge in [0, 0.05) is 12.8 Å². The normalized spacial score (nSPS) is 12.0. The van der Waals surface area contributed by atoms with Crippen molar-refractivity contribution in [3.63, 3.8) is 0 Å². The molecule has 0 radical (unpaired) electrons. The summed E-state index contributed by atoms with van der Waals surface area (Å²) in [5.41, 5.74) is 7.25. The van der Waals surface area contributed by atoms with Crippen molar-refractivity contribution in [3.05, 3.63) is 23.8 Å². The van der Waals surface area contributed by atoms with Gasteiger partial charge in [0.2, 0.25) is 5.91 Å². The Morgan fingerprint density at radius 2 is 2.18 bits per heavy atom. The number of anilines is 1. The van der Waals surface area contributed by atoms with Crippen molar-refractivity contribution < 1.29 is 14.3 Å². The van der Waals surface area contributed by atoms with Gasteiger partial charge in [0.1, 0.15) is 11.8 Å². The number of methoxy groups -OCH3 is 2. The smallest absolute Gasteiger partial charge is 0.243 e. The van der Waals surface area contributed by atoms with Crippen LogP contribution in [0.3, 0.4) is 0 Å². The fraction of sp³-hybridized carbons (Fsp3) is 0.417. The fourth-order valence-electron chi connectivity index (χ4n) is 1.45. The molecule has 0 aliphatic heterocycles. The second-order valence-corrected chi connectivity index (χ2v) is 3.74. The Morgan fingerprint density at radius 3 is 2.71 bits per heavy atom. The largest absolute Gasteiger partial charge is 0.496 e. The summed E-state index contributed by atoms with van der Waals surface area (Å²) < 4.78 is 9.95. The summed E-state index contributed by atoms with van der Waals surface area (Å²) in [6.07, 6.45) is 0. The lowest BCUT2D eigenvalue weighted by molar-refractivity contribution is -0.118. The molecule has 0 fully saturated rings. The number of carbonyl (C=O) groups excluding carboxylic acids is 1. The van der Waals surface area contributed by atoms with Crippen LogP contribution in [0, 0.1) is 6.92 Å². The number of hydrogen-bond donors (Lipinski definition) is 2. The molecule has 0 bridgehead atoms. The zero-order valence-electron chi connectivity index (χ0n) is 10.3. The Bertz CT molecular complexity index is 393. The number of nitrogens with two attached hydrogens (primary N) is 1. The summed E-state index contributed by atoms with van der Waals surface area (Å²) in [6, 6.07) is 4.73.